The molecule has 0 bridgehead atoms. The summed E-state index contributed by atoms with van der Waals surface area (Å²) < 4.78 is 0. The molecule has 3 heteroatoms. The fourth-order valence-electron chi connectivity index (χ4n) is 2.19. The minimum Gasteiger partial charge on any atom is -0.370 e. The molecule has 3 rings (SSSR count). The minimum atomic E-state index is 0.217. The number of rotatable bonds is 2. The van der Waals surface area contributed by atoms with Crippen molar-refractivity contribution in [3.05, 3.63) is 60.2 Å². The van der Waals surface area contributed by atoms with Crippen molar-refractivity contribution in [2.75, 3.05) is 6.54 Å². The van der Waals surface area contributed by atoms with Gasteiger partial charge in [0.2, 0.25) is 0 Å². The molecule has 3 N–H and O–H groups in total. The van der Waals surface area contributed by atoms with Gasteiger partial charge in [0.05, 0.1) is 12.6 Å². The van der Waals surface area contributed by atoms with E-state index in [-0.39, 0.29) is 6.04 Å². The third kappa shape index (κ3) is 2.07. The van der Waals surface area contributed by atoms with Gasteiger partial charge in [0.1, 0.15) is 0 Å². The van der Waals surface area contributed by atoms with Crippen molar-refractivity contribution in [2.45, 2.75) is 6.04 Å². The van der Waals surface area contributed by atoms with Crippen molar-refractivity contribution in [1.82, 2.24) is 5.32 Å². The number of nitrogens with two attached hydrogens (primary N) is 1. The van der Waals surface area contributed by atoms with Gasteiger partial charge in [-0.1, -0.05) is 54.6 Å². The normalized spacial score (nSPS) is 18.2. The number of nitrogens with one attached hydrogen (secondary N) is 1. The fourth-order valence-corrected chi connectivity index (χ4v) is 2.19. The van der Waals surface area contributed by atoms with Crippen LogP contribution in [0.3, 0.4) is 0 Å². The summed E-state index contributed by atoms with van der Waals surface area (Å²) in [5.74, 6) is 0.534. The highest BCUT2D eigenvalue weighted by Crippen LogP contribution is 2.22. The summed E-state index contributed by atoms with van der Waals surface area (Å²) in [4.78, 5) is 4.16. The highest BCUT2D eigenvalue weighted by Gasteiger charge is 2.16. The van der Waals surface area contributed by atoms with Crippen molar-refractivity contribution in [1.29, 1.82) is 0 Å². The predicted molar refractivity (Wildman–Crippen MR) is 74.2 cm³/mol. The maximum Gasteiger partial charge on any atom is 0.189 e. The maximum absolute atomic E-state index is 5.62. The Kier molecular flexibility index (Phi) is 2.73. The lowest BCUT2D eigenvalue weighted by atomic mass is 10.0. The monoisotopic (exact) mass is 237 g/mol. The molecule has 3 nitrogen and oxygen atoms in total. The van der Waals surface area contributed by atoms with Crippen LogP contribution < -0.4 is 11.1 Å². The Labute approximate surface area is 106 Å². The zero-order valence-electron chi connectivity index (χ0n) is 10.0. The lowest BCUT2D eigenvalue weighted by molar-refractivity contribution is 0.708. The van der Waals surface area contributed by atoms with Crippen LogP contribution in [-0.2, 0) is 0 Å². The van der Waals surface area contributed by atoms with E-state index in [1.54, 1.807) is 0 Å². The minimum absolute atomic E-state index is 0.217. The van der Waals surface area contributed by atoms with Crippen molar-refractivity contribution < 1.29 is 0 Å². The van der Waals surface area contributed by atoms with Gasteiger partial charge in [0.25, 0.3) is 0 Å². The number of guanidine groups is 1. The van der Waals surface area contributed by atoms with Gasteiger partial charge in [0.15, 0.2) is 5.96 Å². The molecule has 1 aliphatic heterocycles. The first kappa shape index (κ1) is 10.8. The van der Waals surface area contributed by atoms with Crippen LogP contribution in [-0.4, -0.2) is 12.5 Å². The van der Waals surface area contributed by atoms with Crippen molar-refractivity contribution in [2.24, 2.45) is 10.7 Å². The Morgan fingerprint density at radius 3 is 2.22 bits per heavy atom. The summed E-state index contributed by atoms with van der Waals surface area (Å²) >= 11 is 0. The zero-order valence-corrected chi connectivity index (χ0v) is 10.0. The lowest BCUT2D eigenvalue weighted by Gasteiger charge is -2.11. The molecule has 1 unspecified atom stereocenters. The maximum atomic E-state index is 5.62. The van der Waals surface area contributed by atoms with E-state index in [0.29, 0.717) is 5.96 Å². The molecule has 0 fully saturated rings. The van der Waals surface area contributed by atoms with E-state index in [4.69, 9.17) is 5.73 Å². The second-order valence-electron chi connectivity index (χ2n) is 4.41. The third-order valence-corrected chi connectivity index (χ3v) is 3.19. The first-order chi connectivity index (χ1) is 8.83. The first-order valence-corrected chi connectivity index (χ1v) is 6.05. The van der Waals surface area contributed by atoms with Crippen LogP contribution in [0.4, 0.5) is 0 Å². The second kappa shape index (κ2) is 4.53. The average molecular weight is 237 g/mol. The largest absolute Gasteiger partial charge is 0.370 e. The Hall–Kier alpha value is -2.29. The molecule has 0 saturated heterocycles. The van der Waals surface area contributed by atoms with Crippen molar-refractivity contribution in [3.8, 4) is 11.1 Å². The van der Waals surface area contributed by atoms with E-state index < -0.39 is 0 Å². The highest BCUT2D eigenvalue weighted by atomic mass is 15.2. The standard InChI is InChI=1S/C15H15N3/c16-15-17-10-14(18-15)13-8-6-12(7-9-13)11-4-2-1-3-5-11/h1-9,14H,10H2,(H3,16,17,18). The third-order valence-electron chi connectivity index (χ3n) is 3.19. The van der Waals surface area contributed by atoms with E-state index in [1.807, 2.05) is 6.07 Å². The van der Waals surface area contributed by atoms with Crippen molar-refractivity contribution >= 4 is 5.96 Å². The van der Waals surface area contributed by atoms with Crippen molar-refractivity contribution in [3.63, 3.8) is 0 Å². The summed E-state index contributed by atoms with van der Waals surface area (Å²) in [6.07, 6.45) is 0. The second-order valence-corrected chi connectivity index (χ2v) is 4.41. The quantitative estimate of drug-likeness (QED) is 0.842. The number of benzene rings is 2. The first-order valence-electron chi connectivity index (χ1n) is 6.05. The topological polar surface area (TPSA) is 50.4 Å². The van der Waals surface area contributed by atoms with Gasteiger partial charge in [-0.3, -0.25) is 4.99 Å². The molecule has 0 aliphatic carbocycles. The number of nitrogens with zero attached hydrogens (tertiary/aromatic N) is 1. The van der Waals surface area contributed by atoms with Crippen LogP contribution in [0.25, 0.3) is 11.1 Å². The van der Waals surface area contributed by atoms with Crippen LogP contribution in [0.5, 0.6) is 0 Å². The Bertz CT molecular complexity index is 558. The Balaban J connectivity index is 1.82. The van der Waals surface area contributed by atoms with Gasteiger partial charge in [-0.2, -0.15) is 0 Å². The van der Waals surface area contributed by atoms with Crippen LogP contribution in [0, 0.1) is 0 Å². The molecule has 18 heavy (non-hydrogen) atoms. The molecule has 1 atom stereocenters. The molecular formula is C15H15N3. The average Bonchev–Trinajstić information content (AvgIpc) is 2.87. The summed E-state index contributed by atoms with van der Waals surface area (Å²) in [6.45, 7) is 0.719. The van der Waals surface area contributed by atoms with E-state index in [9.17, 15) is 0 Å². The van der Waals surface area contributed by atoms with Gasteiger partial charge in [-0.15, -0.1) is 0 Å². The molecule has 1 heterocycles. The van der Waals surface area contributed by atoms with Gasteiger partial charge in [-0.05, 0) is 16.7 Å². The van der Waals surface area contributed by atoms with Crippen LogP contribution in [0.2, 0.25) is 0 Å². The molecule has 2 aromatic carbocycles. The summed E-state index contributed by atoms with van der Waals surface area (Å²) in [7, 11) is 0. The fraction of sp³-hybridized carbons (Fsp3) is 0.133. The van der Waals surface area contributed by atoms with E-state index in [0.717, 1.165) is 6.54 Å². The van der Waals surface area contributed by atoms with E-state index >= 15 is 0 Å². The molecule has 2 aromatic rings. The Morgan fingerprint density at radius 2 is 1.61 bits per heavy atom. The van der Waals surface area contributed by atoms with Gasteiger partial charge < -0.3 is 11.1 Å². The van der Waals surface area contributed by atoms with Gasteiger partial charge in [0, 0.05) is 0 Å². The molecule has 90 valence electrons. The van der Waals surface area contributed by atoms with Crippen LogP contribution >= 0.6 is 0 Å². The molecule has 0 spiro atoms. The molecular weight excluding hydrogens is 222 g/mol. The van der Waals surface area contributed by atoms with Gasteiger partial charge in [-0.25, -0.2) is 0 Å². The molecule has 0 aromatic heterocycles. The number of hydrogen-bond donors (Lipinski definition) is 2. The highest BCUT2D eigenvalue weighted by molar-refractivity contribution is 5.80. The molecule has 1 aliphatic rings. The summed E-state index contributed by atoms with van der Waals surface area (Å²) in [5, 5.41) is 3.16. The number of hydrogen-bond acceptors (Lipinski definition) is 3. The van der Waals surface area contributed by atoms with E-state index in [1.165, 1.54) is 16.7 Å². The zero-order chi connectivity index (χ0) is 12.4. The summed E-state index contributed by atoms with van der Waals surface area (Å²) in [5.41, 5.74) is 9.31. The van der Waals surface area contributed by atoms with E-state index in [2.05, 4.69) is 58.8 Å². The smallest absolute Gasteiger partial charge is 0.189 e. The van der Waals surface area contributed by atoms with Gasteiger partial charge >= 0.3 is 0 Å². The summed E-state index contributed by atoms with van der Waals surface area (Å²) in [6, 6.07) is 19.1. The SMILES string of the molecule is NC1=NCC(c2ccc(-c3ccccc3)cc2)N1. The van der Waals surface area contributed by atoms with Crippen LogP contribution in [0.1, 0.15) is 11.6 Å². The molecule has 0 saturated carbocycles. The lowest BCUT2D eigenvalue weighted by Crippen LogP contribution is -2.29. The number of aliphatic imine (C=N–C) groups is 1. The van der Waals surface area contributed by atoms with Crippen LogP contribution in [0.15, 0.2) is 59.6 Å². The Morgan fingerprint density at radius 1 is 0.944 bits per heavy atom. The molecule has 0 amide bonds. The molecule has 0 radical (unpaired) electrons. The predicted octanol–water partition coefficient (Wildman–Crippen LogP) is 2.31.